The molecule has 33 heavy (non-hydrogen) atoms. The zero-order chi connectivity index (χ0) is 22.6. The van der Waals surface area contributed by atoms with Gasteiger partial charge in [0, 0.05) is 36.7 Å². The second-order valence-electron chi connectivity index (χ2n) is 8.14. The number of nitrogens with one attached hydrogen (secondary N) is 1. The van der Waals surface area contributed by atoms with E-state index in [2.05, 4.69) is 20.4 Å². The standard InChI is InChI=1S/C25H26N6O2/c1-33-21-10-6-5-9-20(21)17-26-25(32)19-13-15-30(16-14-19)23-12-11-22-27-28-24(31(22)29-23)18-7-3-2-4-8-18/h2-12,19H,13-17H2,1H3,(H,26,32). The molecule has 168 valence electrons. The number of ether oxygens (including phenoxy) is 1. The van der Waals surface area contributed by atoms with Gasteiger partial charge >= 0.3 is 0 Å². The molecule has 0 bridgehead atoms. The average molecular weight is 443 g/mol. The molecule has 0 unspecified atom stereocenters. The number of fused-ring (bicyclic) bond motifs is 1. The molecule has 1 aliphatic rings. The van der Waals surface area contributed by atoms with Gasteiger partial charge in [-0.3, -0.25) is 4.79 Å². The number of para-hydroxylation sites is 1. The minimum absolute atomic E-state index is 0.00511. The first-order valence-electron chi connectivity index (χ1n) is 11.2. The molecule has 4 aromatic rings. The molecule has 3 heterocycles. The maximum Gasteiger partial charge on any atom is 0.223 e. The molecule has 8 heteroatoms. The fourth-order valence-electron chi connectivity index (χ4n) is 4.26. The number of hydrogen-bond donors (Lipinski definition) is 1. The topological polar surface area (TPSA) is 84.6 Å². The normalized spacial score (nSPS) is 14.4. The van der Waals surface area contributed by atoms with Gasteiger partial charge in [0.05, 0.1) is 7.11 Å². The zero-order valence-electron chi connectivity index (χ0n) is 18.5. The lowest BCUT2D eigenvalue weighted by Crippen LogP contribution is -2.40. The fraction of sp³-hybridized carbons (Fsp3) is 0.280. The second-order valence-corrected chi connectivity index (χ2v) is 8.14. The molecule has 1 saturated heterocycles. The van der Waals surface area contributed by atoms with Gasteiger partial charge in [-0.05, 0) is 31.0 Å². The van der Waals surface area contributed by atoms with Crippen LogP contribution in [0.25, 0.3) is 17.0 Å². The Morgan fingerprint density at radius 2 is 1.76 bits per heavy atom. The predicted octanol–water partition coefficient (Wildman–Crippen LogP) is 3.33. The Labute approximate surface area is 192 Å². The number of methoxy groups -OCH3 is 1. The molecule has 1 N–H and O–H groups in total. The predicted molar refractivity (Wildman–Crippen MR) is 126 cm³/mol. The minimum atomic E-state index is -0.00511. The molecule has 1 amide bonds. The first kappa shape index (κ1) is 20.9. The van der Waals surface area contributed by atoms with Gasteiger partial charge in [-0.15, -0.1) is 15.3 Å². The number of piperidine rings is 1. The van der Waals surface area contributed by atoms with Crippen LogP contribution in [0, 0.1) is 5.92 Å². The van der Waals surface area contributed by atoms with Crippen LogP contribution < -0.4 is 15.0 Å². The summed E-state index contributed by atoms with van der Waals surface area (Å²) in [5, 5.41) is 16.4. The molecule has 2 aromatic carbocycles. The van der Waals surface area contributed by atoms with Crippen LogP contribution in [0.5, 0.6) is 5.75 Å². The van der Waals surface area contributed by atoms with E-state index in [0.717, 1.165) is 54.4 Å². The zero-order valence-corrected chi connectivity index (χ0v) is 18.5. The van der Waals surface area contributed by atoms with Crippen molar-refractivity contribution in [3.63, 3.8) is 0 Å². The van der Waals surface area contributed by atoms with Gasteiger partial charge in [0.2, 0.25) is 5.91 Å². The lowest BCUT2D eigenvalue weighted by Gasteiger charge is -2.32. The first-order chi connectivity index (χ1) is 16.2. The third-order valence-electron chi connectivity index (χ3n) is 6.12. The Kier molecular flexibility index (Phi) is 5.89. The quantitative estimate of drug-likeness (QED) is 0.493. The van der Waals surface area contributed by atoms with Crippen LogP contribution in [0.3, 0.4) is 0 Å². The maximum absolute atomic E-state index is 12.7. The number of hydrogen-bond acceptors (Lipinski definition) is 6. The smallest absolute Gasteiger partial charge is 0.223 e. The molecule has 0 spiro atoms. The summed E-state index contributed by atoms with van der Waals surface area (Å²) in [6, 6.07) is 21.6. The summed E-state index contributed by atoms with van der Waals surface area (Å²) in [7, 11) is 1.64. The van der Waals surface area contributed by atoms with Crippen molar-refractivity contribution < 1.29 is 9.53 Å². The van der Waals surface area contributed by atoms with E-state index in [-0.39, 0.29) is 11.8 Å². The number of carbonyl (C=O) groups excluding carboxylic acids is 1. The van der Waals surface area contributed by atoms with Gasteiger partial charge in [0.25, 0.3) is 0 Å². The van der Waals surface area contributed by atoms with Crippen molar-refractivity contribution in [3.05, 3.63) is 72.3 Å². The average Bonchev–Trinajstić information content (AvgIpc) is 3.31. The molecule has 0 aliphatic carbocycles. The Morgan fingerprint density at radius 3 is 2.55 bits per heavy atom. The lowest BCUT2D eigenvalue weighted by atomic mass is 9.96. The Hall–Kier alpha value is -3.94. The molecule has 0 atom stereocenters. The van der Waals surface area contributed by atoms with E-state index < -0.39 is 0 Å². The van der Waals surface area contributed by atoms with E-state index in [1.54, 1.807) is 11.6 Å². The van der Waals surface area contributed by atoms with E-state index in [9.17, 15) is 4.79 Å². The highest BCUT2D eigenvalue weighted by molar-refractivity contribution is 5.79. The number of anilines is 1. The minimum Gasteiger partial charge on any atom is -0.496 e. The van der Waals surface area contributed by atoms with E-state index in [0.29, 0.717) is 12.2 Å². The van der Waals surface area contributed by atoms with Crippen molar-refractivity contribution >= 4 is 17.4 Å². The van der Waals surface area contributed by atoms with Crippen LogP contribution in [0.2, 0.25) is 0 Å². The summed E-state index contributed by atoms with van der Waals surface area (Å²) in [5.74, 6) is 2.46. The summed E-state index contributed by atoms with van der Waals surface area (Å²) >= 11 is 0. The van der Waals surface area contributed by atoms with Crippen molar-refractivity contribution in [1.82, 2.24) is 25.1 Å². The second kappa shape index (κ2) is 9.28. The molecule has 5 rings (SSSR count). The summed E-state index contributed by atoms with van der Waals surface area (Å²) in [5.41, 5.74) is 2.66. The number of benzene rings is 2. The number of aromatic nitrogens is 4. The number of amides is 1. The van der Waals surface area contributed by atoms with Crippen LogP contribution in [-0.2, 0) is 11.3 Å². The van der Waals surface area contributed by atoms with Gasteiger partial charge in [-0.1, -0.05) is 48.5 Å². The van der Waals surface area contributed by atoms with Gasteiger partial charge in [-0.25, -0.2) is 0 Å². The molecule has 1 fully saturated rings. The summed E-state index contributed by atoms with van der Waals surface area (Å²) in [6.07, 6.45) is 1.57. The van der Waals surface area contributed by atoms with Crippen LogP contribution in [0.4, 0.5) is 5.82 Å². The Morgan fingerprint density at radius 1 is 1.00 bits per heavy atom. The van der Waals surface area contributed by atoms with E-state index >= 15 is 0 Å². The third-order valence-corrected chi connectivity index (χ3v) is 6.12. The third kappa shape index (κ3) is 4.37. The van der Waals surface area contributed by atoms with Gasteiger partial charge in [0.15, 0.2) is 11.5 Å². The van der Waals surface area contributed by atoms with Crippen molar-refractivity contribution in [3.8, 4) is 17.1 Å². The Bertz CT molecular complexity index is 1250. The van der Waals surface area contributed by atoms with Gasteiger partial charge < -0.3 is 15.0 Å². The molecular weight excluding hydrogens is 416 g/mol. The van der Waals surface area contributed by atoms with Crippen molar-refractivity contribution in [2.24, 2.45) is 5.92 Å². The number of nitrogens with zero attached hydrogens (tertiary/aromatic N) is 5. The molecule has 0 radical (unpaired) electrons. The number of rotatable bonds is 6. The van der Waals surface area contributed by atoms with Crippen LogP contribution in [0.1, 0.15) is 18.4 Å². The van der Waals surface area contributed by atoms with Crippen molar-refractivity contribution in [2.45, 2.75) is 19.4 Å². The Balaban J connectivity index is 1.23. The molecule has 1 aliphatic heterocycles. The first-order valence-corrected chi connectivity index (χ1v) is 11.2. The van der Waals surface area contributed by atoms with E-state index in [4.69, 9.17) is 9.84 Å². The summed E-state index contributed by atoms with van der Waals surface area (Å²) in [4.78, 5) is 15.0. The molecule has 8 nitrogen and oxygen atoms in total. The van der Waals surface area contributed by atoms with Crippen molar-refractivity contribution in [1.29, 1.82) is 0 Å². The van der Waals surface area contributed by atoms with Gasteiger partial charge in [0.1, 0.15) is 11.6 Å². The van der Waals surface area contributed by atoms with Crippen LogP contribution >= 0.6 is 0 Å². The molecular formula is C25H26N6O2. The number of carbonyl (C=O) groups is 1. The summed E-state index contributed by atoms with van der Waals surface area (Å²) in [6.45, 7) is 2.01. The summed E-state index contributed by atoms with van der Waals surface area (Å²) < 4.78 is 7.16. The van der Waals surface area contributed by atoms with Gasteiger partial charge in [-0.2, -0.15) is 4.52 Å². The fourth-order valence-corrected chi connectivity index (χ4v) is 4.26. The highest BCUT2D eigenvalue weighted by Gasteiger charge is 2.26. The van der Waals surface area contributed by atoms with E-state index in [1.165, 1.54) is 0 Å². The SMILES string of the molecule is COc1ccccc1CNC(=O)C1CCN(c2ccc3nnc(-c4ccccc4)n3n2)CC1. The highest BCUT2D eigenvalue weighted by atomic mass is 16.5. The van der Waals surface area contributed by atoms with Crippen molar-refractivity contribution in [2.75, 3.05) is 25.1 Å². The molecule has 2 aromatic heterocycles. The van der Waals surface area contributed by atoms with Crippen LogP contribution in [-0.4, -0.2) is 45.9 Å². The maximum atomic E-state index is 12.7. The molecule has 0 saturated carbocycles. The van der Waals surface area contributed by atoms with E-state index in [1.807, 2.05) is 66.7 Å². The highest BCUT2D eigenvalue weighted by Crippen LogP contribution is 2.24. The van der Waals surface area contributed by atoms with Crippen LogP contribution in [0.15, 0.2) is 66.7 Å². The largest absolute Gasteiger partial charge is 0.496 e. The lowest BCUT2D eigenvalue weighted by molar-refractivity contribution is -0.125. The monoisotopic (exact) mass is 442 g/mol.